The summed E-state index contributed by atoms with van der Waals surface area (Å²) in [6.07, 6.45) is 0. The monoisotopic (exact) mass is 219 g/mol. The van der Waals surface area contributed by atoms with Crippen LogP contribution in [0.25, 0.3) is 11.3 Å². The van der Waals surface area contributed by atoms with Crippen LogP contribution in [0.2, 0.25) is 0 Å². The molecule has 0 aliphatic carbocycles. The SMILES string of the molecule is Cc1cc(B(O)O)cc(-c2cscn2)c1. The van der Waals surface area contributed by atoms with Crippen LogP contribution in [0.4, 0.5) is 0 Å². The minimum atomic E-state index is -1.43. The van der Waals surface area contributed by atoms with Crippen LogP contribution in [0.1, 0.15) is 5.56 Å². The van der Waals surface area contributed by atoms with Gasteiger partial charge in [-0.15, -0.1) is 11.3 Å². The predicted molar refractivity (Wildman–Crippen MR) is 62.1 cm³/mol. The van der Waals surface area contributed by atoms with Crippen LogP contribution in [-0.4, -0.2) is 22.2 Å². The first kappa shape index (κ1) is 10.4. The Labute approximate surface area is 92.2 Å². The van der Waals surface area contributed by atoms with E-state index in [-0.39, 0.29) is 0 Å². The van der Waals surface area contributed by atoms with Gasteiger partial charge < -0.3 is 10.0 Å². The minimum absolute atomic E-state index is 0.498. The van der Waals surface area contributed by atoms with Crippen LogP contribution < -0.4 is 5.46 Å². The third kappa shape index (κ3) is 2.26. The molecule has 3 nitrogen and oxygen atoms in total. The normalized spacial score (nSPS) is 10.3. The van der Waals surface area contributed by atoms with Gasteiger partial charge in [-0.25, -0.2) is 4.98 Å². The summed E-state index contributed by atoms with van der Waals surface area (Å²) in [7, 11) is -1.43. The Morgan fingerprint density at radius 3 is 2.67 bits per heavy atom. The quantitative estimate of drug-likeness (QED) is 0.734. The summed E-state index contributed by atoms with van der Waals surface area (Å²) in [5, 5.41) is 20.1. The molecule has 1 heterocycles. The van der Waals surface area contributed by atoms with Gasteiger partial charge in [0, 0.05) is 10.9 Å². The third-order valence-corrected chi connectivity index (χ3v) is 2.71. The van der Waals surface area contributed by atoms with Crippen LogP contribution in [0.5, 0.6) is 0 Å². The molecule has 0 saturated heterocycles. The number of benzene rings is 1. The predicted octanol–water partition coefficient (Wildman–Crippen LogP) is 0.798. The average Bonchev–Trinajstić information content (AvgIpc) is 2.69. The highest BCUT2D eigenvalue weighted by molar-refractivity contribution is 7.07. The molecule has 1 aromatic carbocycles. The van der Waals surface area contributed by atoms with Crippen molar-refractivity contribution in [1.82, 2.24) is 4.98 Å². The van der Waals surface area contributed by atoms with E-state index >= 15 is 0 Å². The van der Waals surface area contributed by atoms with Gasteiger partial charge in [0.15, 0.2) is 0 Å². The highest BCUT2D eigenvalue weighted by Gasteiger charge is 2.13. The van der Waals surface area contributed by atoms with Gasteiger partial charge in [-0.3, -0.25) is 0 Å². The number of thiazole rings is 1. The van der Waals surface area contributed by atoms with Crippen LogP contribution in [0.3, 0.4) is 0 Å². The van der Waals surface area contributed by atoms with Crippen molar-refractivity contribution in [2.24, 2.45) is 0 Å². The zero-order valence-corrected chi connectivity index (χ0v) is 9.03. The molecule has 0 spiro atoms. The fourth-order valence-electron chi connectivity index (χ4n) is 1.46. The van der Waals surface area contributed by atoms with E-state index in [1.54, 1.807) is 17.6 Å². The molecule has 5 heteroatoms. The van der Waals surface area contributed by atoms with E-state index in [2.05, 4.69) is 4.98 Å². The molecule has 2 aromatic rings. The summed E-state index contributed by atoms with van der Waals surface area (Å²) in [5.41, 5.74) is 5.03. The maximum Gasteiger partial charge on any atom is 0.488 e. The Morgan fingerprint density at radius 1 is 1.27 bits per heavy atom. The van der Waals surface area contributed by atoms with Gasteiger partial charge >= 0.3 is 7.12 Å². The zero-order valence-electron chi connectivity index (χ0n) is 8.21. The largest absolute Gasteiger partial charge is 0.488 e. The molecular formula is C10H10BNO2S. The first-order valence-electron chi connectivity index (χ1n) is 4.53. The van der Waals surface area contributed by atoms with Gasteiger partial charge in [0.2, 0.25) is 0 Å². The van der Waals surface area contributed by atoms with E-state index < -0.39 is 7.12 Å². The highest BCUT2D eigenvalue weighted by atomic mass is 32.1. The van der Waals surface area contributed by atoms with Crippen molar-refractivity contribution in [1.29, 1.82) is 0 Å². The Hall–Kier alpha value is -1.17. The van der Waals surface area contributed by atoms with Gasteiger partial charge in [0.25, 0.3) is 0 Å². The lowest BCUT2D eigenvalue weighted by Gasteiger charge is -2.04. The summed E-state index contributed by atoms with van der Waals surface area (Å²) in [6, 6.07) is 5.47. The first-order chi connectivity index (χ1) is 7.16. The number of hydrogen-bond acceptors (Lipinski definition) is 4. The van der Waals surface area contributed by atoms with Crippen molar-refractivity contribution in [3.8, 4) is 11.3 Å². The van der Waals surface area contributed by atoms with Crippen LogP contribution in [0.15, 0.2) is 29.1 Å². The first-order valence-corrected chi connectivity index (χ1v) is 5.47. The van der Waals surface area contributed by atoms with Crippen molar-refractivity contribution >= 4 is 23.9 Å². The number of nitrogens with zero attached hydrogens (tertiary/aromatic N) is 1. The number of aryl methyl sites for hydroxylation is 1. The lowest BCUT2D eigenvalue weighted by atomic mass is 9.78. The minimum Gasteiger partial charge on any atom is -0.423 e. The van der Waals surface area contributed by atoms with E-state index in [0.717, 1.165) is 16.8 Å². The molecule has 0 aliphatic rings. The lowest BCUT2D eigenvalue weighted by Crippen LogP contribution is -2.30. The van der Waals surface area contributed by atoms with Crippen LogP contribution >= 0.6 is 11.3 Å². The fourth-order valence-corrected chi connectivity index (χ4v) is 2.03. The third-order valence-electron chi connectivity index (χ3n) is 2.13. The zero-order chi connectivity index (χ0) is 10.8. The maximum atomic E-state index is 9.11. The number of aromatic nitrogens is 1. The van der Waals surface area contributed by atoms with E-state index in [9.17, 15) is 0 Å². The standard InChI is InChI=1S/C10H10BNO2S/c1-7-2-8(10-5-15-6-12-10)4-9(3-7)11(13)14/h2-6,13-14H,1H3. The van der Waals surface area contributed by atoms with Crippen LogP contribution in [0, 0.1) is 6.92 Å². The molecule has 0 amide bonds. The van der Waals surface area contributed by atoms with Crippen molar-refractivity contribution in [2.45, 2.75) is 6.92 Å². The molecule has 0 unspecified atom stereocenters. The molecule has 0 saturated carbocycles. The molecule has 0 aliphatic heterocycles. The van der Waals surface area contributed by atoms with Gasteiger partial charge in [-0.05, 0) is 18.5 Å². The highest BCUT2D eigenvalue weighted by Crippen LogP contribution is 2.19. The molecule has 0 atom stereocenters. The second kappa shape index (κ2) is 4.14. The molecular weight excluding hydrogens is 209 g/mol. The van der Waals surface area contributed by atoms with Gasteiger partial charge in [-0.1, -0.05) is 17.7 Å². The molecule has 0 fully saturated rings. The number of rotatable bonds is 2. The van der Waals surface area contributed by atoms with Crippen molar-refractivity contribution in [2.75, 3.05) is 0 Å². The summed E-state index contributed by atoms with van der Waals surface area (Å²) >= 11 is 1.52. The van der Waals surface area contributed by atoms with Gasteiger partial charge in [0.1, 0.15) is 0 Å². The van der Waals surface area contributed by atoms with Crippen molar-refractivity contribution < 1.29 is 10.0 Å². The molecule has 0 radical (unpaired) electrons. The van der Waals surface area contributed by atoms with Crippen LogP contribution in [-0.2, 0) is 0 Å². The van der Waals surface area contributed by atoms with Gasteiger partial charge in [-0.2, -0.15) is 0 Å². The maximum absolute atomic E-state index is 9.11. The topological polar surface area (TPSA) is 53.4 Å². The molecule has 1 aromatic heterocycles. The molecule has 15 heavy (non-hydrogen) atoms. The summed E-state index contributed by atoms with van der Waals surface area (Å²) in [4.78, 5) is 4.18. The summed E-state index contributed by atoms with van der Waals surface area (Å²) in [5.74, 6) is 0. The smallest absolute Gasteiger partial charge is 0.423 e. The van der Waals surface area contributed by atoms with E-state index in [0.29, 0.717) is 5.46 Å². The average molecular weight is 219 g/mol. The van der Waals surface area contributed by atoms with E-state index in [4.69, 9.17) is 10.0 Å². The molecule has 0 bridgehead atoms. The summed E-state index contributed by atoms with van der Waals surface area (Å²) < 4.78 is 0. The Bertz CT molecular complexity index is 456. The Balaban J connectivity index is 2.49. The Kier molecular flexibility index (Phi) is 2.86. The van der Waals surface area contributed by atoms with Crippen molar-refractivity contribution in [3.05, 3.63) is 34.7 Å². The second-order valence-electron chi connectivity index (χ2n) is 3.38. The second-order valence-corrected chi connectivity index (χ2v) is 4.10. The van der Waals surface area contributed by atoms with E-state index in [1.165, 1.54) is 11.3 Å². The summed E-state index contributed by atoms with van der Waals surface area (Å²) in [6.45, 7) is 1.92. The van der Waals surface area contributed by atoms with E-state index in [1.807, 2.05) is 18.4 Å². The number of hydrogen-bond donors (Lipinski definition) is 2. The molecule has 2 N–H and O–H groups in total. The lowest BCUT2D eigenvalue weighted by molar-refractivity contribution is 0.426. The molecule has 76 valence electrons. The van der Waals surface area contributed by atoms with Crippen molar-refractivity contribution in [3.63, 3.8) is 0 Å². The fraction of sp³-hybridized carbons (Fsp3) is 0.100. The van der Waals surface area contributed by atoms with Gasteiger partial charge in [0.05, 0.1) is 11.2 Å². The Morgan fingerprint density at radius 2 is 2.07 bits per heavy atom. The molecule has 2 rings (SSSR count).